The maximum Gasteiger partial charge on any atom is 0.358 e. The lowest BCUT2D eigenvalue weighted by Gasteiger charge is -2.30. The first-order valence-electron chi connectivity index (χ1n) is 6.18. The van der Waals surface area contributed by atoms with Crippen molar-refractivity contribution in [2.24, 2.45) is 10.7 Å². The van der Waals surface area contributed by atoms with Crippen LogP contribution in [0.25, 0.3) is 0 Å². The predicted molar refractivity (Wildman–Crippen MR) is 79.1 cm³/mol. The number of carbonyl (C=O) groups excluding carboxylic acids is 3. The molecule has 1 unspecified atom stereocenters. The Kier molecular flexibility index (Phi) is 4.12. The lowest BCUT2D eigenvalue weighted by Crippen LogP contribution is -2.61. The van der Waals surface area contributed by atoms with E-state index in [0.29, 0.717) is 17.5 Å². The summed E-state index contributed by atoms with van der Waals surface area (Å²) in [6.07, 6.45) is 1.63. The molecule has 0 aliphatic carbocycles. The number of imide groups is 1. The van der Waals surface area contributed by atoms with Crippen LogP contribution in [0.15, 0.2) is 17.6 Å². The number of hydrogen-bond acceptors (Lipinski definition) is 5. The van der Waals surface area contributed by atoms with Crippen LogP contribution in [0.1, 0.15) is 0 Å². The van der Waals surface area contributed by atoms with Crippen molar-refractivity contribution in [2.75, 3.05) is 26.4 Å². The van der Waals surface area contributed by atoms with E-state index in [2.05, 4.69) is 11.6 Å². The molecule has 1 atom stereocenters. The monoisotopic (exact) mass is 310 g/mol. The second kappa shape index (κ2) is 5.68. The van der Waals surface area contributed by atoms with E-state index in [4.69, 9.17) is 5.73 Å². The summed E-state index contributed by atoms with van der Waals surface area (Å²) in [5, 5.41) is 0.483. The van der Waals surface area contributed by atoms with Crippen LogP contribution >= 0.6 is 11.8 Å². The van der Waals surface area contributed by atoms with Crippen LogP contribution in [-0.2, 0) is 9.59 Å². The van der Waals surface area contributed by atoms with Crippen molar-refractivity contribution >= 4 is 40.6 Å². The van der Waals surface area contributed by atoms with E-state index in [1.807, 2.05) is 0 Å². The molecule has 0 aromatic heterocycles. The minimum absolute atomic E-state index is 0.0498. The summed E-state index contributed by atoms with van der Waals surface area (Å²) in [7, 11) is 2.99. The van der Waals surface area contributed by atoms with Gasteiger partial charge in [-0.1, -0.05) is 12.7 Å². The first kappa shape index (κ1) is 15.2. The van der Waals surface area contributed by atoms with Gasteiger partial charge in [0, 0.05) is 14.1 Å². The second-order valence-corrected chi connectivity index (χ2v) is 5.53. The van der Waals surface area contributed by atoms with Crippen molar-refractivity contribution in [1.29, 1.82) is 0 Å². The third kappa shape index (κ3) is 2.56. The number of aliphatic imine (C=N–C) groups is 1. The fourth-order valence-corrected chi connectivity index (χ4v) is 2.92. The molecule has 0 aromatic rings. The Morgan fingerprint density at radius 2 is 2.14 bits per heavy atom. The van der Waals surface area contributed by atoms with Crippen LogP contribution in [0.5, 0.6) is 0 Å². The maximum atomic E-state index is 12.3. The first-order chi connectivity index (χ1) is 9.88. The van der Waals surface area contributed by atoms with E-state index >= 15 is 0 Å². The summed E-state index contributed by atoms with van der Waals surface area (Å²) in [5.74, 6) is -0.423. The minimum Gasteiger partial charge on any atom is -0.369 e. The molecular weight excluding hydrogens is 294 g/mol. The molecule has 9 heteroatoms. The van der Waals surface area contributed by atoms with Crippen molar-refractivity contribution in [3.63, 3.8) is 0 Å². The SMILES string of the molecule is C=CC[N+]1=C(SCC(N)=O)N=C2C1C(=O)N(C)C(=O)N2C. The third-order valence-electron chi connectivity index (χ3n) is 3.16. The molecule has 1 saturated heterocycles. The number of carbonyl (C=O) groups is 3. The van der Waals surface area contributed by atoms with Gasteiger partial charge in [-0.15, -0.1) is 0 Å². The van der Waals surface area contributed by atoms with Crippen molar-refractivity contribution < 1.29 is 19.0 Å². The number of likely N-dealkylation sites (N-methyl/N-ethyl adjacent to an activating group) is 2. The van der Waals surface area contributed by atoms with Crippen LogP contribution in [0.2, 0.25) is 0 Å². The highest BCUT2D eigenvalue weighted by Gasteiger charge is 2.52. The number of nitrogens with two attached hydrogens (primary N) is 1. The number of nitrogens with zero attached hydrogens (tertiary/aromatic N) is 4. The van der Waals surface area contributed by atoms with Crippen LogP contribution < -0.4 is 5.73 Å². The molecule has 2 heterocycles. The summed E-state index contributed by atoms with van der Waals surface area (Å²) in [4.78, 5) is 41.9. The Morgan fingerprint density at radius 1 is 1.48 bits per heavy atom. The van der Waals surface area contributed by atoms with E-state index in [1.165, 1.54) is 11.9 Å². The van der Waals surface area contributed by atoms with Crippen LogP contribution in [0.4, 0.5) is 4.79 Å². The first-order valence-corrected chi connectivity index (χ1v) is 7.16. The predicted octanol–water partition coefficient (Wildman–Crippen LogP) is -0.936. The normalized spacial score (nSPS) is 21.6. The zero-order chi connectivity index (χ0) is 15.7. The Balaban J connectivity index is 2.40. The van der Waals surface area contributed by atoms with Crippen molar-refractivity contribution in [3.05, 3.63) is 12.7 Å². The van der Waals surface area contributed by atoms with Gasteiger partial charge in [0.25, 0.3) is 17.8 Å². The lowest BCUT2D eigenvalue weighted by molar-refractivity contribution is -0.522. The summed E-state index contributed by atoms with van der Waals surface area (Å²) < 4.78 is 1.71. The molecule has 2 N–H and O–H groups in total. The Hall–Kier alpha value is -2.16. The van der Waals surface area contributed by atoms with Crippen LogP contribution in [0.3, 0.4) is 0 Å². The number of urea groups is 1. The number of thioether (sulfide) groups is 1. The average molecular weight is 310 g/mol. The number of rotatable bonds is 4. The zero-order valence-electron chi connectivity index (χ0n) is 11.8. The van der Waals surface area contributed by atoms with Gasteiger partial charge in [0.05, 0.1) is 5.75 Å². The van der Waals surface area contributed by atoms with E-state index < -0.39 is 18.0 Å². The van der Waals surface area contributed by atoms with Crippen molar-refractivity contribution in [1.82, 2.24) is 9.80 Å². The minimum atomic E-state index is -0.675. The smallest absolute Gasteiger partial charge is 0.358 e. The van der Waals surface area contributed by atoms with Gasteiger partial charge >= 0.3 is 11.2 Å². The van der Waals surface area contributed by atoms with E-state index in [-0.39, 0.29) is 11.7 Å². The zero-order valence-corrected chi connectivity index (χ0v) is 12.6. The molecule has 8 nitrogen and oxygen atoms in total. The topological polar surface area (TPSA) is 99.1 Å². The molecule has 0 bridgehead atoms. The van der Waals surface area contributed by atoms with E-state index in [0.717, 1.165) is 16.7 Å². The van der Waals surface area contributed by atoms with Gasteiger partial charge in [-0.3, -0.25) is 19.4 Å². The molecule has 1 fully saturated rings. The number of primary amides is 1. The Labute approximate surface area is 126 Å². The van der Waals surface area contributed by atoms with Gasteiger partial charge in [-0.05, 0) is 16.8 Å². The van der Waals surface area contributed by atoms with Gasteiger partial charge in [0.1, 0.15) is 6.54 Å². The van der Waals surface area contributed by atoms with Gasteiger partial charge in [-0.25, -0.2) is 9.37 Å². The molecule has 21 heavy (non-hydrogen) atoms. The fraction of sp³-hybridized carbons (Fsp3) is 0.417. The maximum absolute atomic E-state index is 12.3. The molecule has 2 aliphatic rings. The van der Waals surface area contributed by atoms with Crippen LogP contribution in [-0.4, -0.2) is 75.7 Å². The number of amides is 4. The van der Waals surface area contributed by atoms with Crippen molar-refractivity contribution in [2.45, 2.75) is 6.04 Å². The summed E-state index contributed by atoms with van der Waals surface area (Å²) >= 11 is 1.14. The third-order valence-corrected chi connectivity index (χ3v) is 4.18. The summed E-state index contributed by atoms with van der Waals surface area (Å²) in [6, 6.07) is -1.11. The highest BCUT2D eigenvalue weighted by atomic mass is 32.2. The molecule has 2 aliphatic heterocycles. The lowest BCUT2D eigenvalue weighted by atomic mass is 10.1. The summed E-state index contributed by atoms with van der Waals surface area (Å²) in [5.41, 5.74) is 5.14. The van der Waals surface area contributed by atoms with Gasteiger partial charge in [0.2, 0.25) is 5.91 Å². The Morgan fingerprint density at radius 3 is 2.71 bits per heavy atom. The standard InChI is InChI=1S/C12H15N5O3S/c1-4-5-17-8-9(14-11(17)21-6-7(13)18)15(2)12(20)16(3)10(8)19/h4,8H,1,5-6H2,2-3H3,(H-,13,18)/p+1. The molecule has 0 saturated carbocycles. The van der Waals surface area contributed by atoms with Gasteiger partial charge in [-0.2, -0.15) is 0 Å². The molecule has 112 valence electrons. The highest BCUT2D eigenvalue weighted by molar-refractivity contribution is 8.14. The summed E-state index contributed by atoms with van der Waals surface area (Å²) in [6.45, 7) is 4.03. The fourth-order valence-electron chi connectivity index (χ4n) is 2.15. The van der Waals surface area contributed by atoms with Gasteiger partial charge in [0.15, 0.2) is 0 Å². The molecular formula is C12H16N5O3S+. The number of fused-ring (bicyclic) bond motifs is 1. The largest absolute Gasteiger partial charge is 0.369 e. The molecule has 0 radical (unpaired) electrons. The van der Waals surface area contributed by atoms with Crippen LogP contribution in [0, 0.1) is 0 Å². The Bertz CT molecular complexity index is 598. The molecule has 4 amide bonds. The number of hydrogen-bond donors (Lipinski definition) is 1. The number of amidine groups is 2. The average Bonchev–Trinajstić information content (AvgIpc) is 2.80. The van der Waals surface area contributed by atoms with E-state index in [9.17, 15) is 14.4 Å². The molecule has 0 spiro atoms. The van der Waals surface area contributed by atoms with E-state index in [1.54, 1.807) is 17.7 Å². The van der Waals surface area contributed by atoms with Gasteiger partial charge < -0.3 is 5.73 Å². The highest BCUT2D eigenvalue weighted by Crippen LogP contribution is 2.22. The molecule has 0 aromatic carbocycles. The van der Waals surface area contributed by atoms with Crippen molar-refractivity contribution in [3.8, 4) is 0 Å². The molecule has 2 rings (SSSR count). The second-order valence-electron chi connectivity index (χ2n) is 4.59. The quantitative estimate of drug-likeness (QED) is 0.535.